The van der Waals surface area contributed by atoms with Gasteiger partial charge in [0.1, 0.15) is 11.5 Å². The highest BCUT2D eigenvalue weighted by Gasteiger charge is 2.31. The van der Waals surface area contributed by atoms with Crippen LogP contribution in [-0.4, -0.2) is 16.0 Å². The number of ether oxygens (including phenoxy) is 1. The van der Waals surface area contributed by atoms with Gasteiger partial charge in [-0.05, 0) is 37.3 Å². The number of fused-ring (bicyclic) bond motifs is 1. The van der Waals surface area contributed by atoms with Crippen molar-refractivity contribution in [2.45, 2.75) is 13.3 Å². The van der Waals surface area contributed by atoms with E-state index in [2.05, 4.69) is 4.74 Å². The minimum Gasteiger partial charge on any atom is -0.508 e. The molecule has 3 rings (SSSR count). The molecule has 1 heterocycles. The zero-order valence-corrected chi connectivity index (χ0v) is 11.6. The van der Waals surface area contributed by atoms with Gasteiger partial charge >= 0.3 is 6.36 Å². The van der Waals surface area contributed by atoms with Crippen LogP contribution in [0, 0.1) is 6.92 Å². The van der Waals surface area contributed by atoms with Gasteiger partial charge in [0.25, 0.3) is 0 Å². The summed E-state index contributed by atoms with van der Waals surface area (Å²) in [5, 5.41) is 10.4. The Labute approximate surface area is 124 Å². The number of nitrogens with zero attached hydrogens (tertiary/aromatic N) is 1. The van der Waals surface area contributed by atoms with Crippen molar-refractivity contribution in [3.8, 4) is 17.2 Å². The maximum absolute atomic E-state index is 12.4. The van der Waals surface area contributed by atoms with E-state index in [-0.39, 0.29) is 11.5 Å². The molecule has 22 heavy (non-hydrogen) atoms. The van der Waals surface area contributed by atoms with Gasteiger partial charge in [0.05, 0.1) is 5.52 Å². The van der Waals surface area contributed by atoms with Crippen LogP contribution in [0.1, 0.15) is 5.69 Å². The van der Waals surface area contributed by atoms with E-state index in [1.165, 1.54) is 18.2 Å². The van der Waals surface area contributed by atoms with Gasteiger partial charge in [-0.2, -0.15) is 0 Å². The molecule has 0 amide bonds. The lowest BCUT2D eigenvalue weighted by Crippen LogP contribution is -2.17. The van der Waals surface area contributed by atoms with Crippen LogP contribution in [-0.2, 0) is 0 Å². The normalized spacial score (nSPS) is 11.8. The fourth-order valence-corrected chi connectivity index (χ4v) is 2.49. The summed E-state index contributed by atoms with van der Waals surface area (Å²) in [7, 11) is 0. The summed E-state index contributed by atoms with van der Waals surface area (Å²) in [6.07, 6.45) is -4.73. The number of aryl methyl sites for hydroxylation is 1. The van der Waals surface area contributed by atoms with Crippen LogP contribution in [0.5, 0.6) is 11.5 Å². The molecule has 0 bridgehead atoms. The average molecular weight is 307 g/mol. The van der Waals surface area contributed by atoms with Crippen molar-refractivity contribution in [1.82, 2.24) is 4.57 Å². The van der Waals surface area contributed by atoms with Gasteiger partial charge < -0.3 is 14.4 Å². The first-order valence-corrected chi connectivity index (χ1v) is 6.51. The minimum atomic E-state index is -4.73. The maximum atomic E-state index is 12.4. The van der Waals surface area contributed by atoms with Crippen LogP contribution >= 0.6 is 0 Å². The second-order valence-electron chi connectivity index (χ2n) is 4.91. The molecule has 0 saturated carbocycles. The molecular formula is C16H12F3NO2. The molecule has 3 nitrogen and oxygen atoms in total. The Morgan fingerprint density at radius 2 is 1.82 bits per heavy atom. The quantitative estimate of drug-likeness (QED) is 0.754. The lowest BCUT2D eigenvalue weighted by Gasteiger charge is -2.11. The molecular weight excluding hydrogens is 295 g/mol. The molecule has 6 heteroatoms. The Morgan fingerprint density at radius 1 is 1.05 bits per heavy atom. The number of hydrogen-bond donors (Lipinski definition) is 1. The topological polar surface area (TPSA) is 34.4 Å². The van der Waals surface area contributed by atoms with Crippen molar-refractivity contribution >= 4 is 10.9 Å². The SMILES string of the molecule is Cc1cc2ccc(OC(F)(F)F)cc2n1-c1cccc(O)c1. The summed E-state index contributed by atoms with van der Waals surface area (Å²) >= 11 is 0. The second kappa shape index (κ2) is 4.98. The highest BCUT2D eigenvalue weighted by atomic mass is 19.4. The van der Waals surface area contributed by atoms with Crippen LogP contribution in [0.25, 0.3) is 16.6 Å². The van der Waals surface area contributed by atoms with E-state index < -0.39 is 6.36 Å². The molecule has 1 N–H and O–H groups in total. The van der Waals surface area contributed by atoms with E-state index in [0.29, 0.717) is 11.2 Å². The van der Waals surface area contributed by atoms with Crippen LogP contribution in [0.15, 0.2) is 48.5 Å². The minimum absolute atomic E-state index is 0.0847. The van der Waals surface area contributed by atoms with Crippen molar-refractivity contribution in [3.63, 3.8) is 0 Å². The lowest BCUT2D eigenvalue weighted by molar-refractivity contribution is -0.274. The van der Waals surface area contributed by atoms with Gasteiger partial charge in [-0.15, -0.1) is 13.2 Å². The monoisotopic (exact) mass is 307 g/mol. The Morgan fingerprint density at radius 3 is 2.50 bits per heavy atom. The molecule has 2 aromatic carbocycles. The number of aromatic hydroxyl groups is 1. The molecule has 0 aliphatic heterocycles. The Hall–Kier alpha value is -2.63. The van der Waals surface area contributed by atoms with E-state index in [4.69, 9.17) is 0 Å². The van der Waals surface area contributed by atoms with Gasteiger partial charge in [-0.1, -0.05) is 6.07 Å². The predicted molar refractivity (Wildman–Crippen MR) is 76.4 cm³/mol. The number of alkyl halides is 3. The van der Waals surface area contributed by atoms with Crippen molar-refractivity contribution in [1.29, 1.82) is 0 Å². The third-order valence-electron chi connectivity index (χ3n) is 3.28. The smallest absolute Gasteiger partial charge is 0.508 e. The Balaban J connectivity index is 2.17. The molecule has 0 spiro atoms. The average Bonchev–Trinajstić information content (AvgIpc) is 2.72. The van der Waals surface area contributed by atoms with Crippen molar-refractivity contribution in [2.75, 3.05) is 0 Å². The number of phenolic OH excluding ortho intramolecular Hbond substituents is 1. The molecule has 3 aromatic rings. The van der Waals surface area contributed by atoms with Gasteiger partial charge in [0.15, 0.2) is 0 Å². The van der Waals surface area contributed by atoms with E-state index >= 15 is 0 Å². The van der Waals surface area contributed by atoms with Gasteiger partial charge in [-0.3, -0.25) is 0 Å². The molecule has 0 aliphatic carbocycles. The molecule has 114 valence electrons. The number of aromatic nitrogens is 1. The fourth-order valence-electron chi connectivity index (χ4n) is 2.49. The van der Waals surface area contributed by atoms with Crippen molar-refractivity contribution < 1.29 is 23.0 Å². The first-order valence-electron chi connectivity index (χ1n) is 6.51. The highest BCUT2D eigenvalue weighted by molar-refractivity contribution is 5.84. The van der Waals surface area contributed by atoms with Gasteiger partial charge in [-0.25, -0.2) is 0 Å². The number of benzene rings is 2. The lowest BCUT2D eigenvalue weighted by atomic mass is 10.2. The summed E-state index contributed by atoms with van der Waals surface area (Å²) in [6, 6.07) is 12.6. The number of hydrogen-bond acceptors (Lipinski definition) is 2. The molecule has 0 radical (unpaired) electrons. The predicted octanol–water partition coefficient (Wildman–Crippen LogP) is 4.54. The van der Waals surface area contributed by atoms with Crippen LogP contribution in [0.4, 0.5) is 13.2 Å². The standard InChI is InChI=1S/C16H12F3NO2/c1-10-7-11-5-6-14(22-16(17,18)19)9-15(11)20(10)12-3-2-4-13(21)8-12/h2-9,21H,1H3. The summed E-state index contributed by atoms with van der Waals surface area (Å²) in [5.74, 6) is -0.194. The van der Waals surface area contributed by atoms with E-state index in [1.54, 1.807) is 28.8 Å². The molecule has 0 fully saturated rings. The zero-order chi connectivity index (χ0) is 15.9. The highest BCUT2D eigenvalue weighted by Crippen LogP contribution is 2.31. The number of rotatable bonds is 2. The van der Waals surface area contributed by atoms with E-state index in [0.717, 1.165) is 11.1 Å². The molecule has 0 unspecified atom stereocenters. The van der Waals surface area contributed by atoms with Crippen LogP contribution in [0.2, 0.25) is 0 Å². The summed E-state index contributed by atoms with van der Waals surface area (Å²) in [4.78, 5) is 0. The molecule has 0 aliphatic rings. The zero-order valence-electron chi connectivity index (χ0n) is 11.6. The van der Waals surface area contributed by atoms with E-state index in [1.807, 2.05) is 13.0 Å². The van der Waals surface area contributed by atoms with Crippen molar-refractivity contribution in [2.24, 2.45) is 0 Å². The number of halogens is 3. The fraction of sp³-hybridized carbons (Fsp3) is 0.125. The largest absolute Gasteiger partial charge is 0.573 e. The van der Waals surface area contributed by atoms with E-state index in [9.17, 15) is 18.3 Å². The number of phenols is 1. The third-order valence-corrected chi connectivity index (χ3v) is 3.28. The Bertz CT molecular complexity index is 837. The first-order chi connectivity index (χ1) is 10.3. The molecule has 0 saturated heterocycles. The second-order valence-corrected chi connectivity index (χ2v) is 4.91. The third kappa shape index (κ3) is 2.72. The maximum Gasteiger partial charge on any atom is 0.573 e. The van der Waals surface area contributed by atoms with Crippen LogP contribution in [0.3, 0.4) is 0 Å². The summed E-state index contributed by atoms with van der Waals surface area (Å²) in [5.41, 5.74) is 2.08. The van der Waals surface area contributed by atoms with Crippen LogP contribution < -0.4 is 4.74 Å². The Kier molecular flexibility index (Phi) is 3.24. The van der Waals surface area contributed by atoms with Gasteiger partial charge in [0, 0.05) is 28.9 Å². The van der Waals surface area contributed by atoms with Crippen molar-refractivity contribution in [3.05, 3.63) is 54.2 Å². The summed E-state index contributed by atoms with van der Waals surface area (Å²) in [6.45, 7) is 1.84. The molecule has 0 atom stereocenters. The van der Waals surface area contributed by atoms with Gasteiger partial charge in [0.2, 0.25) is 0 Å². The first kappa shape index (κ1) is 14.3. The molecule has 1 aromatic heterocycles. The summed E-state index contributed by atoms with van der Waals surface area (Å²) < 4.78 is 42.8.